The highest BCUT2D eigenvalue weighted by Gasteiger charge is 2.33. The molecule has 1 amide bonds. The van der Waals surface area contributed by atoms with Crippen LogP contribution in [-0.2, 0) is 4.79 Å². The minimum Gasteiger partial charge on any atom is -0.394 e. The van der Waals surface area contributed by atoms with Gasteiger partial charge in [-0.15, -0.1) is 0 Å². The summed E-state index contributed by atoms with van der Waals surface area (Å²) in [5.74, 6) is -0.177. The Hall–Kier alpha value is -0.610. The van der Waals surface area contributed by atoms with E-state index in [1.807, 2.05) is 0 Å². The Morgan fingerprint density at radius 2 is 1.88 bits per heavy atom. The van der Waals surface area contributed by atoms with E-state index in [9.17, 15) is 9.90 Å². The molecule has 0 bridgehead atoms. The van der Waals surface area contributed by atoms with Crippen molar-refractivity contribution >= 4 is 5.91 Å². The topological polar surface area (TPSA) is 69.6 Å². The minimum atomic E-state index is -0.826. The van der Waals surface area contributed by atoms with Gasteiger partial charge < -0.3 is 15.5 Å². The third kappa shape index (κ3) is 4.10. The average Bonchev–Trinajstić information content (AvgIpc) is 2.17. The fourth-order valence-electron chi connectivity index (χ4n) is 2.15. The predicted molar refractivity (Wildman–Crippen MR) is 62.0 cm³/mol. The Kier molecular flexibility index (Phi) is 4.33. The molecule has 0 saturated heterocycles. The summed E-state index contributed by atoms with van der Waals surface area (Å²) in [7, 11) is 0. The summed E-state index contributed by atoms with van der Waals surface area (Å²) in [6.45, 7) is 3.42. The first-order chi connectivity index (χ1) is 7.37. The average molecular weight is 229 g/mol. The van der Waals surface area contributed by atoms with E-state index in [1.165, 1.54) is 0 Å². The molecular formula is C12H23NO3. The number of carbonyl (C=O) groups excluding carboxylic acids is 1. The Bertz CT molecular complexity index is 245. The molecule has 0 aliphatic heterocycles. The van der Waals surface area contributed by atoms with Gasteiger partial charge in [-0.3, -0.25) is 4.79 Å². The van der Waals surface area contributed by atoms with Crippen molar-refractivity contribution in [3.05, 3.63) is 0 Å². The lowest BCUT2D eigenvalue weighted by atomic mass is 9.82. The highest BCUT2D eigenvalue weighted by molar-refractivity contribution is 5.77. The first-order valence-corrected chi connectivity index (χ1v) is 6.01. The molecule has 94 valence electrons. The number of amides is 1. The van der Waals surface area contributed by atoms with Gasteiger partial charge in [-0.1, -0.05) is 19.3 Å². The van der Waals surface area contributed by atoms with Crippen molar-refractivity contribution in [3.63, 3.8) is 0 Å². The molecule has 4 heteroatoms. The van der Waals surface area contributed by atoms with Gasteiger partial charge >= 0.3 is 0 Å². The second-order valence-corrected chi connectivity index (χ2v) is 5.55. The Balaban J connectivity index is 2.44. The van der Waals surface area contributed by atoms with E-state index in [2.05, 4.69) is 5.32 Å². The summed E-state index contributed by atoms with van der Waals surface area (Å²) in [6.07, 6.45) is 4.70. The van der Waals surface area contributed by atoms with Crippen LogP contribution in [0.2, 0.25) is 0 Å². The molecular weight excluding hydrogens is 206 g/mol. The molecule has 1 aliphatic rings. The van der Waals surface area contributed by atoms with Crippen LogP contribution in [0.3, 0.4) is 0 Å². The molecule has 0 spiro atoms. The van der Waals surface area contributed by atoms with Crippen LogP contribution in [-0.4, -0.2) is 33.9 Å². The van der Waals surface area contributed by atoms with E-state index >= 15 is 0 Å². The van der Waals surface area contributed by atoms with Crippen LogP contribution in [0.5, 0.6) is 0 Å². The largest absolute Gasteiger partial charge is 0.394 e. The number of nitrogens with one attached hydrogen (secondary N) is 1. The molecule has 1 fully saturated rings. The van der Waals surface area contributed by atoms with Gasteiger partial charge in [-0.2, -0.15) is 0 Å². The van der Waals surface area contributed by atoms with Gasteiger partial charge in [0.05, 0.1) is 24.2 Å². The SMILES string of the molecule is CC(C)(CO)NC(=O)CC1(O)CCCCC1. The number of carbonyl (C=O) groups is 1. The lowest BCUT2D eigenvalue weighted by Crippen LogP contribution is -2.49. The molecule has 1 aliphatic carbocycles. The minimum absolute atomic E-state index is 0.100. The predicted octanol–water partition coefficient (Wildman–Crippen LogP) is 0.959. The third-order valence-corrected chi connectivity index (χ3v) is 3.15. The first-order valence-electron chi connectivity index (χ1n) is 6.01. The number of hydrogen-bond donors (Lipinski definition) is 3. The van der Waals surface area contributed by atoms with Gasteiger partial charge in [0, 0.05) is 0 Å². The maximum atomic E-state index is 11.7. The molecule has 4 nitrogen and oxygen atoms in total. The fourth-order valence-corrected chi connectivity index (χ4v) is 2.15. The lowest BCUT2D eigenvalue weighted by molar-refractivity contribution is -0.129. The molecule has 0 heterocycles. The van der Waals surface area contributed by atoms with E-state index in [-0.39, 0.29) is 18.9 Å². The number of rotatable bonds is 4. The monoisotopic (exact) mass is 229 g/mol. The van der Waals surface area contributed by atoms with Crippen LogP contribution in [0.1, 0.15) is 52.4 Å². The summed E-state index contributed by atoms with van der Waals surface area (Å²) < 4.78 is 0. The number of hydrogen-bond acceptors (Lipinski definition) is 3. The molecule has 0 atom stereocenters. The maximum Gasteiger partial charge on any atom is 0.223 e. The zero-order valence-electron chi connectivity index (χ0n) is 10.3. The van der Waals surface area contributed by atoms with E-state index < -0.39 is 11.1 Å². The molecule has 0 aromatic heterocycles. The van der Waals surface area contributed by atoms with Crippen molar-refractivity contribution in [2.24, 2.45) is 0 Å². The first kappa shape index (κ1) is 13.5. The van der Waals surface area contributed by atoms with E-state index in [0.717, 1.165) is 19.3 Å². The molecule has 0 radical (unpaired) electrons. The molecule has 1 saturated carbocycles. The normalized spacial score (nSPS) is 20.5. The highest BCUT2D eigenvalue weighted by Crippen LogP contribution is 2.30. The second-order valence-electron chi connectivity index (χ2n) is 5.55. The standard InChI is InChI=1S/C12H23NO3/c1-11(2,9-14)13-10(15)8-12(16)6-4-3-5-7-12/h14,16H,3-9H2,1-2H3,(H,13,15). The lowest BCUT2D eigenvalue weighted by Gasteiger charge is -2.33. The Morgan fingerprint density at radius 3 is 2.38 bits per heavy atom. The smallest absolute Gasteiger partial charge is 0.223 e. The molecule has 3 N–H and O–H groups in total. The van der Waals surface area contributed by atoms with Crippen molar-refractivity contribution < 1.29 is 15.0 Å². The van der Waals surface area contributed by atoms with E-state index in [1.54, 1.807) is 13.8 Å². The van der Waals surface area contributed by atoms with Crippen LogP contribution < -0.4 is 5.32 Å². The molecule has 0 unspecified atom stereocenters. The highest BCUT2D eigenvalue weighted by atomic mass is 16.3. The van der Waals surface area contributed by atoms with E-state index in [0.29, 0.717) is 12.8 Å². The summed E-state index contributed by atoms with van der Waals surface area (Å²) in [4.78, 5) is 11.7. The molecule has 1 rings (SSSR count). The zero-order chi connectivity index (χ0) is 12.2. The Morgan fingerprint density at radius 1 is 1.31 bits per heavy atom. The maximum absolute atomic E-state index is 11.7. The summed E-state index contributed by atoms with van der Waals surface area (Å²) in [5, 5.41) is 22.0. The van der Waals surface area contributed by atoms with Crippen LogP contribution in [0.4, 0.5) is 0 Å². The molecule has 0 aromatic rings. The van der Waals surface area contributed by atoms with Gasteiger partial charge in [0.1, 0.15) is 0 Å². The van der Waals surface area contributed by atoms with Crippen molar-refractivity contribution in [2.75, 3.05) is 6.61 Å². The van der Waals surface area contributed by atoms with Crippen molar-refractivity contribution in [2.45, 2.75) is 63.5 Å². The third-order valence-electron chi connectivity index (χ3n) is 3.15. The molecule has 0 aromatic carbocycles. The Labute approximate surface area is 97.0 Å². The van der Waals surface area contributed by atoms with Gasteiger partial charge in [0.15, 0.2) is 0 Å². The fraction of sp³-hybridized carbons (Fsp3) is 0.917. The van der Waals surface area contributed by atoms with Crippen LogP contribution >= 0.6 is 0 Å². The van der Waals surface area contributed by atoms with Gasteiger partial charge in [0.2, 0.25) is 5.91 Å². The summed E-state index contributed by atoms with van der Waals surface area (Å²) >= 11 is 0. The van der Waals surface area contributed by atoms with Crippen LogP contribution in [0.15, 0.2) is 0 Å². The van der Waals surface area contributed by atoms with Crippen LogP contribution in [0.25, 0.3) is 0 Å². The second kappa shape index (κ2) is 5.15. The van der Waals surface area contributed by atoms with Crippen molar-refractivity contribution in [1.29, 1.82) is 0 Å². The van der Waals surface area contributed by atoms with Gasteiger partial charge in [0.25, 0.3) is 0 Å². The number of aliphatic hydroxyl groups excluding tert-OH is 1. The van der Waals surface area contributed by atoms with Crippen LogP contribution in [0, 0.1) is 0 Å². The summed E-state index contributed by atoms with van der Waals surface area (Å²) in [5.41, 5.74) is -1.43. The zero-order valence-corrected chi connectivity index (χ0v) is 10.3. The van der Waals surface area contributed by atoms with Crippen molar-refractivity contribution in [1.82, 2.24) is 5.32 Å². The summed E-state index contributed by atoms with van der Waals surface area (Å²) in [6, 6.07) is 0. The molecule has 16 heavy (non-hydrogen) atoms. The quantitative estimate of drug-likeness (QED) is 0.672. The van der Waals surface area contributed by atoms with E-state index in [4.69, 9.17) is 5.11 Å². The van der Waals surface area contributed by atoms with Gasteiger partial charge in [-0.25, -0.2) is 0 Å². The van der Waals surface area contributed by atoms with Gasteiger partial charge in [-0.05, 0) is 26.7 Å². The number of aliphatic hydroxyl groups is 2. The van der Waals surface area contributed by atoms with Crippen molar-refractivity contribution in [3.8, 4) is 0 Å².